The predicted octanol–water partition coefficient (Wildman–Crippen LogP) is 3.75. The summed E-state index contributed by atoms with van der Waals surface area (Å²) in [6.45, 7) is 2.03. The Bertz CT molecular complexity index is 549. The van der Waals surface area contributed by atoms with Crippen molar-refractivity contribution in [2.24, 2.45) is 0 Å². The third kappa shape index (κ3) is 2.84. The van der Waals surface area contributed by atoms with E-state index in [1.807, 2.05) is 43.3 Å². The van der Waals surface area contributed by atoms with Gasteiger partial charge in [0.25, 0.3) is 0 Å². The highest BCUT2D eigenvalue weighted by Crippen LogP contribution is 2.23. The highest BCUT2D eigenvalue weighted by Gasteiger charge is 2.01. The molecular weight excluding hydrogens is 214 g/mol. The summed E-state index contributed by atoms with van der Waals surface area (Å²) in [5.74, 6) is 0. The molecule has 2 rings (SSSR count). The van der Waals surface area contributed by atoms with Gasteiger partial charge < -0.3 is 5.11 Å². The van der Waals surface area contributed by atoms with Gasteiger partial charge >= 0.3 is 6.09 Å². The van der Waals surface area contributed by atoms with E-state index in [1.165, 1.54) is 5.56 Å². The van der Waals surface area contributed by atoms with Crippen LogP contribution < -0.4 is 5.32 Å². The molecule has 0 aliphatic heterocycles. The van der Waals surface area contributed by atoms with E-state index in [4.69, 9.17) is 5.11 Å². The van der Waals surface area contributed by atoms with Crippen LogP contribution in [0.15, 0.2) is 48.5 Å². The molecule has 3 heteroatoms. The third-order valence-corrected chi connectivity index (χ3v) is 2.47. The summed E-state index contributed by atoms with van der Waals surface area (Å²) in [5, 5.41) is 11.0. The molecule has 0 saturated heterocycles. The van der Waals surface area contributed by atoms with Crippen LogP contribution in [-0.4, -0.2) is 11.2 Å². The highest BCUT2D eigenvalue weighted by molar-refractivity contribution is 5.84. The number of aryl methyl sites for hydroxylation is 1. The minimum Gasteiger partial charge on any atom is -0.465 e. The lowest BCUT2D eigenvalue weighted by Gasteiger charge is -2.06. The smallest absolute Gasteiger partial charge is 0.409 e. The van der Waals surface area contributed by atoms with Crippen molar-refractivity contribution in [2.75, 3.05) is 5.32 Å². The normalized spacial score (nSPS) is 9.94. The van der Waals surface area contributed by atoms with Gasteiger partial charge in [0, 0.05) is 5.69 Å². The van der Waals surface area contributed by atoms with Crippen molar-refractivity contribution in [1.82, 2.24) is 0 Å². The minimum atomic E-state index is -1.05. The SMILES string of the molecule is Cc1cccc(-c2cccc(NC(=O)O)c2)c1. The molecular formula is C14H13NO2. The van der Waals surface area contributed by atoms with Gasteiger partial charge in [-0.3, -0.25) is 5.32 Å². The Morgan fingerprint density at radius 2 is 1.71 bits per heavy atom. The Morgan fingerprint density at radius 1 is 1.06 bits per heavy atom. The lowest BCUT2D eigenvalue weighted by atomic mass is 10.0. The summed E-state index contributed by atoms with van der Waals surface area (Å²) in [4.78, 5) is 10.6. The van der Waals surface area contributed by atoms with E-state index in [-0.39, 0.29) is 0 Å². The van der Waals surface area contributed by atoms with Crippen molar-refractivity contribution < 1.29 is 9.90 Å². The molecule has 0 fully saturated rings. The van der Waals surface area contributed by atoms with Gasteiger partial charge in [0.15, 0.2) is 0 Å². The monoisotopic (exact) mass is 227 g/mol. The van der Waals surface area contributed by atoms with E-state index in [9.17, 15) is 4.79 Å². The molecule has 0 aliphatic carbocycles. The van der Waals surface area contributed by atoms with Crippen LogP contribution in [0.5, 0.6) is 0 Å². The van der Waals surface area contributed by atoms with E-state index < -0.39 is 6.09 Å². The summed E-state index contributed by atoms with van der Waals surface area (Å²) in [6.07, 6.45) is -1.05. The number of nitrogens with one attached hydrogen (secondary N) is 1. The summed E-state index contributed by atoms with van der Waals surface area (Å²) in [5.41, 5.74) is 3.84. The van der Waals surface area contributed by atoms with E-state index in [1.54, 1.807) is 6.07 Å². The van der Waals surface area contributed by atoms with E-state index in [2.05, 4.69) is 11.4 Å². The Kier molecular flexibility index (Phi) is 3.10. The summed E-state index contributed by atoms with van der Waals surface area (Å²) < 4.78 is 0. The van der Waals surface area contributed by atoms with Crippen LogP contribution in [0.25, 0.3) is 11.1 Å². The van der Waals surface area contributed by atoms with Gasteiger partial charge in [-0.15, -0.1) is 0 Å². The van der Waals surface area contributed by atoms with E-state index in [0.717, 1.165) is 11.1 Å². The molecule has 2 aromatic rings. The van der Waals surface area contributed by atoms with Gasteiger partial charge in [-0.05, 0) is 30.2 Å². The largest absolute Gasteiger partial charge is 0.465 e. The minimum absolute atomic E-state index is 0.580. The average Bonchev–Trinajstić information content (AvgIpc) is 2.28. The highest BCUT2D eigenvalue weighted by atomic mass is 16.4. The van der Waals surface area contributed by atoms with Gasteiger partial charge in [-0.25, -0.2) is 4.79 Å². The van der Waals surface area contributed by atoms with Gasteiger partial charge in [0.2, 0.25) is 0 Å². The molecule has 86 valence electrons. The molecule has 2 aromatic carbocycles. The number of anilines is 1. The van der Waals surface area contributed by atoms with Crippen LogP contribution in [-0.2, 0) is 0 Å². The van der Waals surface area contributed by atoms with Crippen molar-refractivity contribution >= 4 is 11.8 Å². The molecule has 2 N–H and O–H groups in total. The molecule has 0 saturated carbocycles. The zero-order chi connectivity index (χ0) is 12.3. The Labute approximate surface area is 99.7 Å². The first-order valence-corrected chi connectivity index (χ1v) is 5.32. The fourth-order valence-electron chi connectivity index (χ4n) is 1.72. The number of amides is 1. The molecule has 0 bridgehead atoms. The molecule has 0 aromatic heterocycles. The Hall–Kier alpha value is -2.29. The molecule has 0 aliphatic rings. The number of benzene rings is 2. The first kappa shape index (κ1) is 11.2. The molecule has 0 unspecified atom stereocenters. The topological polar surface area (TPSA) is 49.3 Å². The molecule has 0 radical (unpaired) electrons. The number of carbonyl (C=O) groups is 1. The lowest BCUT2D eigenvalue weighted by molar-refractivity contribution is 0.210. The van der Waals surface area contributed by atoms with Crippen molar-refractivity contribution in [3.63, 3.8) is 0 Å². The van der Waals surface area contributed by atoms with Crippen LogP contribution >= 0.6 is 0 Å². The predicted molar refractivity (Wildman–Crippen MR) is 68.3 cm³/mol. The second-order valence-electron chi connectivity index (χ2n) is 3.88. The first-order chi connectivity index (χ1) is 8.15. The van der Waals surface area contributed by atoms with Crippen LogP contribution in [0.1, 0.15) is 5.56 Å². The second kappa shape index (κ2) is 4.70. The van der Waals surface area contributed by atoms with Crippen molar-refractivity contribution in [2.45, 2.75) is 6.92 Å². The van der Waals surface area contributed by atoms with E-state index >= 15 is 0 Å². The average molecular weight is 227 g/mol. The van der Waals surface area contributed by atoms with Crippen molar-refractivity contribution in [3.05, 3.63) is 54.1 Å². The molecule has 0 atom stereocenters. The van der Waals surface area contributed by atoms with E-state index in [0.29, 0.717) is 5.69 Å². The quantitative estimate of drug-likeness (QED) is 0.820. The molecule has 1 amide bonds. The first-order valence-electron chi connectivity index (χ1n) is 5.32. The summed E-state index contributed by atoms with van der Waals surface area (Å²) in [6, 6.07) is 15.4. The Morgan fingerprint density at radius 3 is 2.35 bits per heavy atom. The molecule has 17 heavy (non-hydrogen) atoms. The summed E-state index contributed by atoms with van der Waals surface area (Å²) in [7, 11) is 0. The van der Waals surface area contributed by atoms with Gasteiger partial charge in [0.05, 0.1) is 0 Å². The Balaban J connectivity index is 2.36. The maximum Gasteiger partial charge on any atom is 0.409 e. The fraction of sp³-hybridized carbons (Fsp3) is 0.0714. The number of rotatable bonds is 2. The standard InChI is InChI=1S/C14H13NO2/c1-10-4-2-5-11(8-10)12-6-3-7-13(9-12)15-14(16)17/h2-9,15H,1H3,(H,16,17). The van der Waals surface area contributed by atoms with Crippen molar-refractivity contribution in [1.29, 1.82) is 0 Å². The molecule has 3 nitrogen and oxygen atoms in total. The van der Waals surface area contributed by atoms with Gasteiger partial charge in [0.1, 0.15) is 0 Å². The zero-order valence-corrected chi connectivity index (χ0v) is 9.47. The lowest BCUT2D eigenvalue weighted by Crippen LogP contribution is -2.06. The van der Waals surface area contributed by atoms with Crippen molar-refractivity contribution in [3.8, 4) is 11.1 Å². The number of hydrogen-bond acceptors (Lipinski definition) is 1. The van der Waals surface area contributed by atoms with Gasteiger partial charge in [-0.1, -0.05) is 42.0 Å². The summed E-state index contributed by atoms with van der Waals surface area (Å²) >= 11 is 0. The fourth-order valence-corrected chi connectivity index (χ4v) is 1.72. The van der Waals surface area contributed by atoms with Crippen LogP contribution in [0.2, 0.25) is 0 Å². The molecule has 0 heterocycles. The zero-order valence-electron chi connectivity index (χ0n) is 9.47. The van der Waals surface area contributed by atoms with Crippen LogP contribution in [0.3, 0.4) is 0 Å². The number of hydrogen-bond donors (Lipinski definition) is 2. The maximum absolute atomic E-state index is 10.6. The second-order valence-corrected chi connectivity index (χ2v) is 3.88. The van der Waals surface area contributed by atoms with Crippen LogP contribution in [0.4, 0.5) is 10.5 Å². The van der Waals surface area contributed by atoms with Crippen LogP contribution in [0, 0.1) is 6.92 Å². The maximum atomic E-state index is 10.6. The van der Waals surface area contributed by atoms with Gasteiger partial charge in [-0.2, -0.15) is 0 Å². The third-order valence-electron chi connectivity index (χ3n) is 2.47. The number of carboxylic acid groups (broad SMARTS) is 1. The molecule has 0 spiro atoms.